The number of rotatable bonds is 5. The highest BCUT2D eigenvalue weighted by molar-refractivity contribution is 5.84. The van der Waals surface area contributed by atoms with E-state index >= 15 is 0 Å². The van der Waals surface area contributed by atoms with Crippen molar-refractivity contribution in [2.24, 2.45) is 0 Å². The third kappa shape index (κ3) is 4.18. The average molecular weight is 229 g/mol. The maximum absolute atomic E-state index is 11.7. The minimum absolute atomic E-state index is 0.000839. The van der Waals surface area contributed by atoms with E-state index in [0.29, 0.717) is 6.54 Å². The molecular formula is C11H23N3O2. The van der Waals surface area contributed by atoms with Crippen LogP contribution in [0.25, 0.3) is 0 Å². The molecule has 2 unspecified atom stereocenters. The zero-order valence-corrected chi connectivity index (χ0v) is 11.1. The number of carbonyl (C=O) groups is 2. The standard InChI is InChI=1S/C11H23N3O2/c1-7-14(6)11(16)9(3)12-8(2)10(15)13(4)5/h8-9,12H,7H2,1-6H3. The van der Waals surface area contributed by atoms with E-state index in [-0.39, 0.29) is 23.9 Å². The predicted molar refractivity (Wildman–Crippen MR) is 64.1 cm³/mol. The van der Waals surface area contributed by atoms with Crippen LogP contribution >= 0.6 is 0 Å². The molecule has 0 spiro atoms. The molecule has 5 heteroatoms. The summed E-state index contributed by atoms with van der Waals surface area (Å²) in [6.07, 6.45) is 0. The van der Waals surface area contributed by atoms with Gasteiger partial charge in [0.15, 0.2) is 0 Å². The number of hydrogen-bond acceptors (Lipinski definition) is 3. The fourth-order valence-electron chi connectivity index (χ4n) is 1.39. The third-order valence-corrected chi connectivity index (χ3v) is 2.53. The van der Waals surface area contributed by atoms with Crippen molar-refractivity contribution in [3.8, 4) is 0 Å². The molecule has 0 aliphatic carbocycles. The number of carbonyl (C=O) groups excluding carboxylic acids is 2. The molecule has 16 heavy (non-hydrogen) atoms. The lowest BCUT2D eigenvalue weighted by atomic mass is 10.2. The molecule has 0 fully saturated rings. The summed E-state index contributed by atoms with van der Waals surface area (Å²) in [4.78, 5) is 26.5. The summed E-state index contributed by atoms with van der Waals surface area (Å²) >= 11 is 0. The molecule has 0 rings (SSSR count). The lowest BCUT2D eigenvalue weighted by Gasteiger charge is -2.24. The van der Waals surface area contributed by atoms with Crippen molar-refractivity contribution in [3.05, 3.63) is 0 Å². The first-order valence-corrected chi connectivity index (χ1v) is 5.53. The van der Waals surface area contributed by atoms with Crippen LogP contribution in [0.2, 0.25) is 0 Å². The molecule has 0 aromatic rings. The zero-order valence-electron chi connectivity index (χ0n) is 11.1. The van der Waals surface area contributed by atoms with Crippen molar-refractivity contribution in [1.29, 1.82) is 0 Å². The van der Waals surface area contributed by atoms with Gasteiger partial charge in [0.2, 0.25) is 11.8 Å². The van der Waals surface area contributed by atoms with Gasteiger partial charge in [0, 0.05) is 27.7 Å². The second kappa shape index (κ2) is 6.48. The third-order valence-electron chi connectivity index (χ3n) is 2.53. The van der Waals surface area contributed by atoms with Crippen molar-refractivity contribution in [2.45, 2.75) is 32.9 Å². The molecule has 2 amide bonds. The first-order chi connectivity index (χ1) is 7.31. The molecule has 5 nitrogen and oxygen atoms in total. The molecule has 1 N–H and O–H groups in total. The Balaban J connectivity index is 4.29. The lowest BCUT2D eigenvalue weighted by molar-refractivity contribution is -0.133. The van der Waals surface area contributed by atoms with Gasteiger partial charge in [0.05, 0.1) is 12.1 Å². The van der Waals surface area contributed by atoms with Crippen LogP contribution < -0.4 is 5.32 Å². The number of likely N-dealkylation sites (N-methyl/N-ethyl adjacent to an activating group) is 2. The SMILES string of the molecule is CCN(C)C(=O)C(C)NC(C)C(=O)N(C)C. The monoisotopic (exact) mass is 229 g/mol. The van der Waals surface area contributed by atoms with Crippen LogP contribution in [-0.2, 0) is 9.59 Å². The summed E-state index contributed by atoms with van der Waals surface area (Å²) < 4.78 is 0. The van der Waals surface area contributed by atoms with Gasteiger partial charge in [-0.25, -0.2) is 0 Å². The molecule has 0 aliphatic heterocycles. The molecule has 94 valence electrons. The first kappa shape index (κ1) is 14.9. The van der Waals surface area contributed by atoms with Crippen LogP contribution in [0.5, 0.6) is 0 Å². The Labute approximate surface area is 97.8 Å². The van der Waals surface area contributed by atoms with Crippen LogP contribution in [0.15, 0.2) is 0 Å². The van der Waals surface area contributed by atoms with E-state index in [4.69, 9.17) is 0 Å². The number of amides is 2. The van der Waals surface area contributed by atoms with E-state index in [1.54, 1.807) is 39.9 Å². The van der Waals surface area contributed by atoms with E-state index in [9.17, 15) is 9.59 Å². The van der Waals surface area contributed by atoms with Crippen LogP contribution in [0.4, 0.5) is 0 Å². The van der Waals surface area contributed by atoms with Gasteiger partial charge < -0.3 is 9.80 Å². The Hall–Kier alpha value is -1.10. The molecule has 0 saturated heterocycles. The highest BCUT2D eigenvalue weighted by Crippen LogP contribution is 1.96. The maximum Gasteiger partial charge on any atom is 0.239 e. The summed E-state index contributed by atoms with van der Waals surface area (Å²) in [5.41, 5.74) is 0. The van der Waals surface area contributed by atoms with Crippen molar-refractivity contribution in [2.75, 3.05) is 27.7 Å². The van der Waals surface area contributed by atoms with Gasteiger partial charge in [-0.05, 0) is 20.8 Å². The van der Waals surface area contributed by atoms with E-state index in [1.165, 1.54) is 4.90 Å². The minimum atomic E-state index is -0.348. The van der Waals surface area contributed by atoms with E-state index in [2.05, 4.69) is 5.32 Å². The van der Waals surface area contributed by atoms with Crippen molar-refractivity contribution in [3.63, 3.8) is 0 Å². The second-order valence-corrected chi connectivity index (χ2v) is 4.20. The molecule has 0 aromatic carbocycles. The van der Waals surface area contributed by atoms with Gasteiger partial charge in [0.25, 0.3) is 0 Å². The normalized spacial score (nSPS) is 14.1. The van der Waals surface area contributed by atoms with Crippen LogP contribution in [0, 0.1) is 0 Å². The zero-order chi connectivity index (χ0) is 12.9. The summed E-state index contributed by atoms with van der Waals surface area (Å²) in [6, 6.07) is -0.692. The average Bonchev–Trinajstić information content (AvgIpc) is 2.25. The van der Waals surface area contributed by atoms with E-state index < -0.39 is 0 Å². The molecule has 0 radical (unpaired) electrons. The van der Waals surface area contributed by atoms with Crippen LogP contribution in [0.1, 0.15) is 20.8 Å². The number of nitrogens with zero attached hydrogens (tertiary/aromatic N) is 2. The largest absolute Gasteiger partial charge is 0.347 e. The Kier molecular flexibility index (Phi) is 6.03. The molecular weight excluding hydrogens is 206 g/mol. The Bertz CT molecular complexity index is 254. The van der Waals surface area contributed by atoms with Gasteiger partial charge >= 0.3 is 0 Å². The van der Waals surface area contributed by atoms with Crippen molar-refractivity contribution >= 4 is 11.8 Å². The fraction of sp³-hybridized carbons (Fsp3) is 0.818. The van der Waals surface area contributed by atoms with Gasteiger partial charge in [0.1, 0.15) is 0 Å². The Morgan fingerprint density at radius 1 is 1.06 bits per heavy atom. The van der Waals surface area contributed by atoms with Gasteiger partial charge in [-0.3, -0.25) is 14.9 Å². The smallest absolute Gasteiger partial charge is 0.239 e. The summed E-state index contributed by atoms with van der Waals surface area (Å²) in [5, 5.41) is 2.99. The highest BCUT2D eigenvalue weighted by atomic mass is 16.2. The topological polar surface area (TPSA) is 52.7 Å². The van der Waals surface area contributed by atoms with Crippen LogP contribution in [-0.4, -0.2) is 61.4 Å². The predicted octanol–water partition coefficient (Wildman–Crippen LogP) is -0.0805. The Morgan fingerprint density at radius 3 is 1.88 bits per heavy atom. The van der Waals surface area contributed by atoms with E-state index in [0.717, 1.165) is 0 Å². The summed E-state index contributed by atoms with van der Waals surface area (Å²) in [6.45, 7) is 6.12. The number of hydrogen-bond donors (Lipinski definition) is 1. The van der Waals surface area contributed by atoms with Gasteiger partial charge in [-0.2, -0.15) is 0 Å². The van der Waals surface area contributed by atoms with Crippen molar-refractivity contribution in [1.82, 2.24) is 15.1 Å². The first-order valence-electron chi connectivity index (χ1n) is 5.53. The van der Waals surface area contributed by atoms with E-state index in [1.807, 2.05) is 6.92 Å². The lowest BCUT2D eigenvalue weighted by Crippen LogP contribution is -2.51. The summed E-state index contributed by atoms with van der Waals surface area (Å²) in [5.74, 6) is -0.0280. The molecule has 0 saturated carbocycles. The molecule has 0 aromatic heterocycles. The van der Waals surface area contributed by atoms with Gasteiger partial charge in [-0.15, -0.1) is 0 Å². The maximum atomic E-state index is 11.7. The van der Waals surface area contributed by atoms with Crippen LogP contribution in [0.3, 0.4) is 0 Å². The number of nitrogens with one attached hydrogen (secondary N) is 1. The second-order valence-electron chi connectivity index (χ2n) is 4.20. The quantitative estimate of drug-likeness (QED) is 0.717. The van der Waals surface area contributed by atoms with Gasteiger partial charge in [-0.1, -0.05) is 0 Å². The fourth-order valence-corrected chi connectivity index (χ4v) is 1.39. The summed E-state index contributed by atoms with van der Waals surface area (Å²) in [7, 11) is 5.15. The highest BCUT2D eigenvalue weighted by Gasteiger charge is 2.22. The van der Waals surface area contributed by atoms with Crippen molar-refractivity contribution < 1.29 is 9.59 Å². The minimum Gasteiger partial charge on any atom is -0.347 e. The molecule has 0 bridgehead atoms. The molecule has 2 atom stereocenters. The molecule has 0 heterocycles. The molecule has 0 aliphatic rings. The Morgan fingerprint density at radius 2 is 1.50 bits per heavy atom.